The van der Waals surface area contributed by atoms with Crippen molar-refractivity contribution >= 4 is 29.3 Å². The highest BCUT2D eigenvalue weighted by Gasteiger charge is 2.15. The van der Waals surface area contributed by atoms with Crippen molar-refractivity contribution in [1.29, 1.82) is 0 Å². The van der Waals surface area contributed by atoms with E-state index in [0.717, 1.165) is 11.3 Å². The van der Waals surface area contributed by atoms with Crippen LogP contribution in [0.2, 0.25) is 0 Å². The summed E-state index contributed by atoms with van der Waals surface area (Å²) in [4.78, 5) is 24.8. The zero-order valence-electron chi connectivity index (χ0n) is 18.0. The first-order valence-corrected chi connectivity index (χ1v) is 10.9. The number of rotatable bonds is 10. The van der Waals surface area contributed by atoms with Crippen LogP contribution < -0.4 is 15.4 Å². The first-order valence-electron chi connectivity index (χ1n) is 9.95. The smallest absolute Gasteiger partial charge is 0.251 e. The van der Waals surface area contributed by atoms with Gasteiger partial charge in [0.25, 0.3) is 5.91 Å². The van der Waals surface area contributed by atoms with Crippen LogP contribution >= 0.6 is 11.8 Å². The summed E-state index contributed by atoms with van der Waals surface area (Å²) in [6, 6.07) is 14.5. The van der Waals surface area contributed by atoms with E-state index in [1.807, 2.05) is 29.7 Å². The van der Waals surface area contributed by atoms with Gasteiger partial charge >= 0.3 is 0 Å². The van der Waals surface area contributed by atoms with Crippen LogP contribution in [0, 0.1) is 6.92 Å². The quantitative estimate of drug-likeness (QED) is 0.362. The molecule has 0 saturated heterocycles. The fourth-order valence-electron chi connectivity index (χ4n) is 2.95. The van der Waals surface area contributed by atoms with Crippen molar-refractivity contribution in [3.63, 3.8) is 0 Å². The number of nitrogens with zero attached hydrogens (tertiary/aromatic N) is 3. The molecule has 0 aliphatic carbocycles. The lowest BCUT2D eigenvalue weighted by Gasteiger charge is -2.10. The van der Waals surface area contributed by atoms with Crippen molar-refractivity contribution < 1.29 is 14.3 Å². The minimum atomic E-state index is -0.177. The molecule has 0 unspecified atom stereocenters. The van der Waals surface area contributed by atoms with Gasteiger partial charge in [0, 0.05) is 17.8 Å². The Kier molecular flexibility index (Phi) is 8.04. The van der Waals surface area contributed by atoms with E-state index >= 15 is 0 Å². The van der Waals surface area contributed by atoms with E-state index in [1.54, 1.807) is 43.5 Å². The third-order valence-corrected chi connectivity index (χ3v) is 5.57. The number of nitrogens with one attached hydrogen (secondary N) is 2. The molecular weight excluding hydrogens is 426 g/mol. The van der Waals surface area contributed by atoms with Crippen molar-refractivity contribution in [1.82, 2.24) is 20.1 Å². The van der Waals surface area contributed by atoms with Crippen LogP contribution in [0.1, 0.15) is 21.7 Å². The van der Waals surface area contributed by atoms with Crippen LogP contribution in [0.15, 0.2) is 66.3 Å². The van der Waals surface area contributed by atoms with Gasteiger partial charge in [-0.3, -0.25) is 9.59 Å². The van der Waals surface area contributed by atoms with Gasteiger partial charge in [-0.25, -0.2) is 0 Å². The highest BCUT2D eigenvalue weighted by Crippen LogP contribution is 2.19. The summed E-state index contributed by atoms with van der Waals surface area (Å²) in [5, 5.41) is 14.7. The van der Waals surface area contributed by atoms with Crippen molar-refractivity contribution in [2.45, 2.75) is 25.2 Å². The number of benzene rings is 2. The molecule has 0 fully saturated rings. The van der Waals surface area contributed by atoms with Crippen LogP contribution in [0.25, 0.3) is 0 Å². The molecule has 1 aromatic heterocycles. The second-order valence-corrected chi connectivity index (χ2v) is 7.80. The second kappa shape index (κ2) is 11.1. The monoisotopic (exact) mass is 451 g/mol. The molecular formula is C23H25N5O3S. The molecule has 166 valence electrons. The maximum absolute atomic E-state index is 12.5. The molecule has 0 aliphatic rings. The Morgan fingerprint density at radius 2 is 1.91 bits per heavy atom. The summed E-state index contributed by atoms with van der Waals surface area (Å²) in [5.74, 6) is 1.13. The lowest BCUT2D eigenvalue weighted by Crippen LogP contribution is -2.25. The van der Waals surface area contributed by atoms with E-state index in [9.17, 15) is 9.59 Å². The highest BCUT2D eigenvalue weighted by molar-refractivity contribution is 7.99. The van der Waals surface area contributed by atoms with E-state index in [1.165, 1.54) is 11.8 Å². The Morgan fingerprint density at radius 3 is 2.59 bits per heavy atom. The second-order valence-electron chi connectivity index (χ2n) is 6.86. The van der Waals surface area contributed by atoms with Gasteiger partial charge in [0.15, 0.2) is 11.0 Å². The van der Waals surface area contributed by atoms with E-state index in [4.69, 9.17) is 4.74 Å². The summed E-state index contributed by atoms with van der Waals surface area (Å²) < 4.78 is 6.94. The van der Waals surface area contributed by atoms with Crippen LogP contribution in [-0.2, 0) is 17.9 Å². The molecule has 1 heterocycles. The fourth-order valence-corrected chi connectivity index (χ4v) is 3.72. The molecule has 0 bridgehead atoms. The number of anilines is 1. The maximum atomic E-state index is 12.5. The number of hydrogen-bond donors (Lipinski definition) is 2. The molecule has 0 atom stereocenters. The van der Waals surface area contributed by atoms with Gasteiger partial charge in [0.1, 0.15) is 5.75 Å². The number of allylic oxidation sites excluding steroid dienone is 1. The van der Waals surface area contributed by atoms with Crippen molar-refractivity contribution in [2.24, 2.45) is 0 Å². The fraction of sp³-hybridized carbons (Fsp3) is 0.217. The molecule has 2 N–H and O–H groups in total. The summed E-state index contributed by atoms with van der Waals surface area (Å²) >= 11 is 1.27. The molecule has 0 aliphatic heterocycles. The first kappa shape index (κ1) is 23.1. The summed E-state index contributed by atoms with van der Waals surface area (Å²) in [6.07, 6.45) is 1.72. The molecule has 2 aromatic carbocycles. The standard InChI is InChI=1S/C23H25N5O3S/c1-4-13-28-20(14-24-22(30)19-8-6-5-7-16(19)2)26-27-23(28)32-15-21(29)25-17-9-11-18(31-3)12-10-17/h4-12H,1,13-15H2,2-3H3,(H,24,30)(H,25,29). The number of aryl methyl sites for hydroxylation is 1. The van der Waals surface area contributed by atoms with Crippen molar-refractivity contribution in [3.8, 4) is 5.75 Å². The normalized spacial score (nSPS) is 10.4. The zero-order chi connectivity index (χ0) is 22.9. The molecule has 0 spiro atoms. The zero-order valence-corrected chi connectivity index (χ0v) is 18.8. The van der Waals surface area contributed by atoms with Gasteiger partial charge in [0.05, 0.1) is 19.4 Å². The largest absolute Gasteiger partial charge is 0.497 e. The topological polar surface area (TPSA) is 98.1 Å². The van der Waals surface area contributed by atoms with E-state index in [2.05, 4.69) is 27.4 Å². The summed E-state index contributed by atoms with van der Waals surface area (Å²) in [7, 11) is 1.59. The average Bonchev–Trinajstić information content (AvgIpc) is 3.18. The molecule has 2 amide bonds. The Morgan fingerprint density at radius 1 is 1.16 bits per heavy atom. The number of thioether (sulfide) groups is 1. The van der Waals surface area contributed by atoms with Crippen LogP contribution in [-0.4, -0.2) is 39.4 Å². The Labute approximate surface area is 191 Å². The Balaban J connectivity index is 1.59. The summed E-state index contributed by atoms with van der Waals surface area (Å²) in [6.45, 7) is 6.34. The molecule has 0 saturated carbocycles. The number of ether oxygens (including phenoxy) is 1. The van der Waals surface area contributed by atoms with Gasteiger partial charge < -0.3 is 19.9 Å². The summed E-state index contributed by atoms with van der Waals surface area (Å²) in [5.41, 5.74) is 2.20. The maximum Gasteiger partial charge on any atom is 0.251 e. The van der Waals surface area contributed by atoms with Gasteiger partial charge in [-0.1, -0.05) is 36.0 Å². The predicted octanol–water partition coefficient (Wildman–Crippen LogP) is 3.44. The van der Waals surface area contributed by atoms with Crippen molar-refractivity contribution in [2.75, 3.05) is 18.2 Å². The lowest BCUT2D eigenvalue weighted by molar-refractivity contribution is -0.113. The Hall–Kier alpha value is -3.59. The molecule has 9 heteroatoms. The molecule has 32 heavy (non-hydrogen) atoms. The predicted molar refractivity (Wildman–Crippen MR) is 125 cm³/mol. The first-order chi connectivity index (χ1) is 15.5. The number of hydrogen-bond acceptors (Lipinski definition) is 6. The van der Waals surface area contributed by atoms with Gasteiger partial charge in [-0.15, -0.1) is 16.8 Å². The van der Waals surface area contributed by atoms with Crippen LogP contribution in [0.5, 0.6) is 5.75 Å². The van der Waals surface area contributed by atoms with Gasteiger partial charge in [0.2, 0.25) is 5.91 Å². The number of carbonyl (C=O) groups excluding carboxylic acids is 2. The van der Waals surface area contributed by atoms with Crippen LogP contribution in [0.4, 0.5) is 5.69 Å². The van der Waals surface area contributed by atoms with Gasteiger partial charge in [-0.05, 0) is 42.8 Å². The minimum absolute atomic E-state index is 0.164. The van der Waals surface area contributed by atoms with Crippen molar-refractivity contribution in [3.05, 3.63) is 78.1 Å². The van der Waals surface area contributed by atoms with Gasteiger partial charge in [-0.2, -0.15) is 0 Å². The molecule has 0 radical (unpaired) electrons. The van der Waals surface area contributed by atoms with Crippen LogP contribution in [0.3, 0.4) is 0 Å². The Bertz CT molecular complexity index is 1100. The van der Waals surface area contributed by atoms with E-state index < -0.39 is 0 Å². The van der Waals surface area contributed by atoms with E-state index in [0.29, 0.717) is 28.8 Å². The minimum Gasteiger partial charge on any atom is -0.497 e. The highest BCUT2D eigenvalue weighted by atomic mass is 32.2. The number of methoxy groups -OCH3 is 1. The number of amides is 2. The molecule has 3 aromatic rings. The lowest BCUT2D eigenvalue weighted by atomic mass is 10.1. The third-order valence-electron chi connectivity index (χ3n) is 4.61. The SMILES string of the molecule is C=CCn1c(CNC(=O)c2ccccc2C)nnc1SCC(=O)Nc1ccc(OC)cc1. The number of aromatic nitrogens is 3. The molecule has 3 rings (SSSR count). The third kappa shape index (κ3) is 5.98. The molecule has 8 nitrogen and oxygen atoms in total. The number of carbonyl (C=O) groups is 2. The average molecular weight is 452 g/mol. The van der Waals surface area contributed by atoms with E-state index in [-0.39, 0.29) is 24.1 Å².